The zero-order valence-corrected chi connectivity index (χ0v) is 12.0. The number of thioether (sulfide) groups is 1. The van der Waals surface area contributed by atoms with Gasteiger partial charge in [0, 0.05) is 0 Å². The second kappa shape index (κ2) is 9.64. The van der Waals surface area contributed by atoms with Crippen molar-refractivity contribution in [2.45, 2.75) is 38.3 Å². The zero-order chi connectivity index (χ0) is 13.3. The van der Waals surface area contributed by atoms with Gasteiger partial charge in [-0.3, -0.25) is 4.79 Å². The Morgan fingerprint density at radius 2 is 2.12 bits per heavy atom. The molecule has 17 heavy (non-hydrogen) atoms. The topological polar surface area (TPSA) is 93.2 Å². The third-order valence-electron chi connectivity index (χ3n) is 2.26. The highest BCUT2D eigenvalue weighted by molar-refractivity contribution is 7.98. The Morgan fingerprint density at radius 3 is 2.59 bits per heavy atom. The van der Waals surface area contributed by atoms with E-state index < -0.39 is 11.9 Å². The van der Waals surface area contributed by atoms with E-state index in [0.717, 1.165) is 18.6 Å². The van der Waals surface area contributed by atoms with Gasteiger partial charge in [0.25, 0.3) is 0 Å². The molecule has 0 aromatic rings. The minimum absolute atomic E-state index is 0.184. The van der Waals surface area contributed by atoms with Crippen LogP contribution in [0.4, 0.5) is 0 Å². The Kier molecular flexibility index (Phi) is 9.43. The molecular weight excluding hydrogens is 256 g/mol. The van der Waals surface area contributed by atoms with Crippen LogP contribution in [0.3, 0.4) is 0 Å². The molecule has 0 bridgehead atoms. The maximum absolute atomic E-state index is 11.1. The van der Waals surface area contributed by atoms with Crippen molar-refractivity contribution in [1.82, 2.24) is 10.9 Å². The molecule has 0 aliphatic rings. The van der Waals surface area contributed by atoms with Gasteiger partial charge in [-0.2, -0.15) is 11.8 Å². The quantitative estimate of drug-likeness (QED) is 0.354. The van der Waals surface area contributed by atoms with Crippen molar-refractivity contribution in [1.29, 1.82) is 0 Å². The first-order valence-electron chi connectivity index (χ1n) is 5.62. The number of primary amides is 1. The Labute approximate surface area is 112 Å². The molecule has 0 radical (unpaired) electrons. The van der Waals surface area contributed by atoms with E-state index in [2.05, 4.69) is 10.9 Å². The van der Waals surface area contributed by atoms with E-state index in [1.54, 1.807) is 11.8 Å². The fourth-order valence-electron chi connectivity index (χ4n) is 1.21. The van der Waals surface area contributed by atoms with Gasteiger partial charge in [0.1, 0.15) is 11.0 Å². The number of nitrogens with two attached hydrogens (primary N) is 2. The maximum Gasteiger partial charge on any atom is 0.236 e. The summed E-state index contributed by atoms with van der Waals surface area (Å²) >= 11 is 6.77. The summed E-state index contributed by atoms with van der Waals surface area (Å²) in [7, 11) is 0. The molecule has 0 spiro atoms. The molecule has 6 N–H and O–H groups in total. The normalized spacial score (nSPS) is 14.1. The van der Waals surface area contributed by atoms with Crippen molar-refractivity contribution in [3.8, 4) is 0 Å². The van der Waals surface area contributed by atoms with E-state index in [1.807, 2.05) is 13.2 Å². The van der Waals surface area contributed by atoms with Crippen LogP contribution in [0.5, 0.6) is 0 Å². The molecule has 0 heterocycles. The number of nitrogens with one attached hydrogen (secondary N) is 2. The molecule has 0 saturated heterocycles. The molecule has 0 aliphatic carbocycles. The molecule has 1 amide bonds. The molecule has 0 aliphatic heterocycles. The second-order valence-corrected chi connectivity index (χ2v) is 5.19. The molecule has 100 valence electrons. The number of hydrogen-bond acceptors (Lipinski definition) is 5. The minimum Gasteiger partial charge on any atom is -0.368 e. The zero-order valence-electron chi connectivity index (χ0n) is 10.4. The van der Waals surface area contributed by atoms with E-state index in [0.29, 0.717) is 11.4 Å². The summed E-state index contributed by atoms with van der Waals surface area (Å²) in [6.45, 7) is 2.04. The number of hydrogen-bond donors (Lipinski definition) is 4. The third kappa shape index (κ3) is 7.54. The smallest absolute Gasteiger partial charge is 0.236 e. The largest absolute Gasteiger partial charge is 0.368 e. The van der Waals surface area contributed by atoms with Crippen LogP contribution in [-0.4, -0.2) is 35.0 Å². The predicted molar refractivity (Wildman–Crippen MR) is 77.7 cm³/mol. The number of carbonyl (C=O) groups is 1. The summed E-state index contributed by atoms with van der Waals surface area (Å²) in [4.78, 5) is 11.7. The van der Waals surface area contributed by atoms with Crippen molar-refractivity contribution in [2.75, 3.05) is 12.0 Å². The summed E-state index contributed by atoms with van der Waals surface area (Å²) in [5.41, 5.74) is 16.7. The molecule has 2 atom stereocenters. The van der Waals surface area contributed by atoms with Gasteiger partial charge < -0.3 is 16.9 Å². The van der Waals surface area contributed by atoms with Gasteiger partial charge >= 0.3 is 0 Å². The number of carbonyl (C=O) groups excluding carboxylic acids is 1. The first-order valence-corrected chi connectivity index (χ1v) is 7.42. The van der Waals surface area contributed by atoms with E-state index in [-0.39, 0.29) is 6.04 Å². The molecule has 0 saturated carbocycles. The number of thiocarbonyl (C=S) groups is 1. The predicted octanol–water partition coefficient (Wildman–Crippen LogP) is 0.142. The molecule has 0 aromatic heterocycles. The first-order chi connectivity index (χ1) is 8.02. The Bertz CT molecular complexity index is 250. The van der Waals surface area contributed by atoms with E-state index in [9.17, 15) is 4.79 Å². The van der Waals surface area contributed by atoms with Crippen LogP contribution in [0.1, 0.15) is 26.2 Å². The van der Waals surface area contributed by atoms with E-state index in [4.69, 9.17) is 23.7 Å². The average molecular weight is 278 g/mol. The lowest BCUT2D eigenvalue weighted by Gasteiger charge is -2.19. The van der Waals surface area contributed by atoms with Gasteiger partial charge in [-0.05, 0) is 24.9 Å². The molecule has 0 fully saturated rings. The van der Waals surface area contributed by atoms with Gasteiger partial charge in [-0.1, -0.05) is 25.6 Å². The van der Waals surface area contributed by atoms with Crippen molar-refractivity contribution >= 4 is 34.9 Å². The van der Waals surface area contributed by atoms with Crippen LogP contribution >= 0.6 is 24.0 Å². The fraction of sp³-hybridized carbons (Fsp3) is 0.800. The molecule has 0 rings (SSSR count). The highest BCUT2D eigenvalue weighted by atomic mass is 32.2. The van der Waals surface area contributed by atoms with Gasteiger partial charge in [0.05, 0.1) is 6.04 Å². The minimum atomic E-state index is -0.422. The average Bonchev–Trinajstić information content (AvgIpc) is 2.28. The van der Waals surface area contributed by atoms with Crippen LogP contribution < -0.4 is 22.3 Å². The number of hydrazine groups is 1. The summed E-state index contributed by atoms with van der Waals surface area (Å²) < 4.78 is 0. The van der Waals surface area contributed by atoms with Crippen LogP contribution in [0.15, 0.2) is 0 Å². The van der Waals surface area contributed by atoms with Crippen LogP contribution in [0.25, 0.3) is 0 Å². The van der Waals surface area contributed by atoms with E-state index >= 15 is 0 Å². The fourth-order valence-corrected chi connectivity index (χ4v) is 1.86. The number of amides is 1. The van der Waals surface area contributed by atoms with Crippen molar-refractivity contribution in [3.05, 3.63) is 0 Å². The lowest BCUT2D eigenvalue weighted by molar-refractivity contribution is -0.120. The van der Waals surface area contributed by atoms with Gasteiger partial charge in [-0.25, -0.2) is 5.43 Å². The SMILES string of the molecule is CCCC(N)C(=S)NN[C@@H](CCSC)C(N)=O. The molecule has 0 aromatic carbocycles. The maximum atomic E-state index is 11.1. The lowest BCUT2D eigenvalue weighted by Crippen LogP contribution is -2.53. The summed E-state index contributed by atoms with van der Waals surface area (Å²) in [5, 5.41) is 0. The number of rotatable bonds is 9. The first kappa shape index (κ1) is 16.6. The highest BCUT2D eigenvalue weighted by Crippen LogP contribution is 2.00. The van der Waals surface area contributed by atoms with Gasteiger partial charge in [0.15, 0.2) is 0 Å². The van der Waals surface area contributed by atoms with E-state index in [1.165, 1.54) is 0 Å². The second-order valence-electron chi connectivity index (χ2n) is 3.77. The summed E-state index contributed by atoms with van der Waals surface area (Å²) in [5.74, 6) is 0.467. The third-order valence-corrected chi connectivity index (χ3v) is 3.31. The molecule has 7 heteroatoms. The van der Waals surface area contributed by atoms with Gasteiger partial charge in [-0.15, -0.1) is 0 Å². The van der Waals surface area contributed by atoms with Gasteiger partial charge in [0.2, 0.25) is 5.91 Å². The Hall–Kier alpha value is -0.370. The van der Waals surface area contributed by atoms with Crippen LogP contribution in [-0.2, 0) is 4.79 Å². The Morgan fingerprint density at radius 1 is 1.47 bits per heavy atom. The molecule has 1 unspecified atom stereocenters. The van der Waals surface area contributed by atoms with Crippen molar-refractivity contribution < 1.29 is 4.79 Å². The summed E-state index contributed by atoms with van der Waals surface area (Å²) in [6, 6.07) is -0.606. The Balaban J connectivity index is 4.03. The van der Waals surface area contributed by atoms with Crippen molar-refractivity contribution in [3.63, 3.8) is 0 Å². The van der Waals surface area contributed by atoms with Crippen LogP contribution in [0, 0.1) is 0 Å². The highest BCUT2D eigenvalue weighted by Gasteiger charge is 2.15. The monoisotopic (exact) mass is 278 g/mol. The standard InChI is InChI=1S/C10H22N4OS2/c1-3-4-7(11)10(16)14-13-8(9(12)15)5-6-17-2/h7-8,13H,3-6,11H2,1-2H3,(H2,12,15)(H,14,16)/t7?,8-/m0/s1. The lowest BCUT2D eigenvalue weighted by atomic mass is 10.2. The van der Waals surface area contributed by atoms with Crippen molar-refractivity contribution in [2.24, 2.45) is 11.5 Å². The molecule has 5 nitrogen and oxygen atoms in total. The summed E-state index contributed by atoms with van der Waals surface area (Å²) in [6.07, 6.45) is 4.43. The van der Waals surface area contributed by atoms with Crippen LogP contribution in [0.2, 0.25) is 0 Å². The molecular formula is C10H22N4OS2.